The molecule has 0 bridgehead atoms. The van der Waals surface area contributed by atoms with E-state index in [1.54, 1.807) is 0 Å². The zero-order valence-corrected chi connectivity index (χ0v) is 15.2. The van der Waals surface area contributed by atoms with Crippen molar-refractivity contribution in [1.82, 2.24) is 10.9 Å². The summed E-state index contributed by atoms with van der Waals surface area (Å²) in [5, 5.41) is 10.00. The van der Waals surface area contributed by atoms with Crippen LogP contribution in [0.1, 0.15) is 79.1 Å². The summed E-state index contributed by atoms with van der Waals surface area (Å²) in [6.07, 6.45) is 8.74. The van der Waals surface area contributed by atoms with Crippen LogP contribution in [0.4, 0.5) is 4.79 Å². The number of carbonyl (C=O) groups excluding carboxylic acids is 1. The molecule has 5 nitrogen and oxygen atoms in total. The standard InChI is InChI=1S/C9H20N2O2.C8H19N/c1-3-5-6-8(4-2)7-10-11-9(12)13;1-3-5-6-8(4-2)7-9/h8,10-11H,3-7H2,1-2H3,(H,12,13);8H,3-7,9H2,1-2H3. The molecule has 0 aromatic carbocycles. The van der Waals surface area contributed by atoms with Gasteiger partial charge in [-0.05, 0) is 25.2 Å². The van der Waals surface area contributed by atoms with Crippen LogP contribution >= 0.6 is 0 Å². The third-order valence-corrected chi connectivity index (χ3v) is 4.08. The Morgan fingerprint density at radius 1 is 1.00 bits per heavy atom. The fraction of sp³-hybridized carbons (Fsp3) is 0.941. The summed E-state index contributed by atoms with van der Waals surface area (Å²) in [6.45, 7) is 10.6. The van der Waals surface area contributed by atoms with Crippen LogP contribution in [0, 0.1) is 11.8 Å². The number of hydrazine groups is 1. The minimum atomic E-state index is -1.27. The van der Waals surface area contributed by atoms with E-state index in [4.69, 9.17) is 0 Å². The normalized spacial score (nSPS) is 13.0. The number of hydrogen-bond acceptors (Lipinski definition) is 3. The van der Waals surface area contributed by atoms with Gasteiger partial charge >= 0.3 is 0 Å². The fourth-order valence-electron chi connectivity index (χ4n) is 2.26. The van der Waals surface area contributed by atoms with E-state index in [-0.39, 0.29) is 0 Å². The minimum absolute atomic E-state index is 0.548. The van der Waals surface area contributed by atoms with Gasteiger partial charge in [-0.15, -0.1) is 0 Å². The van der Waals surface area contributed by atoms with Crippen molar-refractivity contribution in [3.63, 3.8) is 0 Å². The number of carbonyl (C=O) groups is 1. The van der Waals surface area contributed by atoms with E-state index in [9.17, 15) is 9.90 Å². The predicted molar refractivity (Wildman–Crippen MR) is 90.9 cm³/mol. The Balaban J connectivity index is 0. The van der Waals surface area contributed by atoms with Crippen LogP contribution in [0.3, 0.4) is 0 Å². The molecule has 0 aromatic heterocycles. The Kier molecular flexibility index (Phi) is 19.4. The van der Waals surface area contributed by atoms with Gasteiger partial charge in [-0.1, -0.05) is 59.8 Å². The van der Waals surface area contributed by atoms with E-state index >= 15 is 0 Å². The van der Waals surface area contributed by atoms with Crippen LogP contribution in [0.2, 0.25) is 0 Å². The molecule has 2 atom stereocenters. The molecule has 0 aliphatic rings. The molecule has 5 heteroatoms. The zero-order valence-electron chi connectivity index (χ0n) is 15.2. The molecular formula is C17H39N3O2. The molecule has 0 rings (SSSR count). The Bertz CT molecular complexity index is 234. The number of amides is 1. The topological polar surface area (TPSA) is 91.8 Å². The number of quaternary nitrogens is 1. The van der Waals surface area contributed by atoms with Gasteiger partial charge in [0.2, 0.25) is 0 Å². The van der Waals surface area contributed by atoms with Crippen molar-refractivity contribution in [3.05, 3.63) is 0 Å². The van der Waals surface area contributed by atoms with E-state index in [2.05, 4.69) is 38.9 Å². The van der Waals surface area contributed by atoms with E-state index in [0.717, 1.165) is 25.3 Å². The number of carboxylic acid groups (broad SMARTS) is 1. The molecule has 2 unspecified atom stereocenters. The Labute approximate surface area is 137 Å². The molecule has 0 heterocycles. The van der Waals surface area contributed by atoms with Crippen LogP contribution < -0.4 is 21.7 Å². The molecule has 0 saturated heterocycles. The average molecular weight is 318 g/mol. The van der Waals surface area contributed by atoms with Gasteiger partial charge in [0, 0.05) is 12.5 Å². The highest BCUT2D eigenvalue weighted by Gasteiger charge is 2.04. The van der Waals surface area contributed by atoms with Gasteiger partial charge in [0.1, 0.15) is 6.09 Å². The van der Waals surface area contributed by atoms with Crippen molar-refractivity contribution in [3.8, 4) is 0 Å². The molecule has 1 amide bonds. The number of unbranched alkanes of at least 4 members (excludes halogenated alkanes) is 2. The van der Waals surface area contributed by atoms with Crippen LogP contribution in [0.5, 0.6) is 0 Å². The summed E-state index contributed by atoms with van der Waals surface area (Å²) in [6, 6.07) is 0. The molecule has 0 aliphatic heterocycles. The third kappa shape index (κ3) is 17.2. The number of nitrogens with one attached hydrogen (secondary N) is 2. The predicted octanol–water partition coefficient (Wildman–Crippen LogP) is 2.09. The Morgan fingerprint density at radius 2 is 1.50 bits per heavy atom. The summed E-state index contributed by atoms with van der Waals surface area (Å²) in [5.74, 6) is 1.44. The lowest BCUT2D eigenvalue weighted by Gasteiger charge is -2.16. The van der Waals surface area contributed by atoms with Gasteiger partial charge in [-0.2, -0.15) is 0 Å². The van der Waals surface area contributed by atoms with Gasteiger partial charge in [0.25, 0.3) is 0 Å². The van der Waals surface area contributed by atoms with Crippen molar-refractivity contribution in [2.75, 3.05) is 13.1 Å². The highest BCUT2D eigenvalue weighted by Crippen LogP contribution is 2.10. The summed E-state index contributed by atoms with van der Waals surface area (Å²) in [4.78, 5) is 10.00. The maximum Gasteiger partial charge on any atom is 0.149 e. The van der Waals surface area contributed by atoms with Gasteiger partial charge in [-0.25, -0.2) is 5.43 Å². The quantitative estimate of drug-likeness (QED) is 0.481. The molecule has 0 fully saturated rings. The lowest BCUT2D eigenvalue weighted by atomic mass is 10.00. The van der Waals surface area contributed by atoms with E-state index in [1.165, 1.54) is 38.5 Å². The number of rotatable bonds is 12. The lowest BCUT2D eigenvalue weighted by Crippen LogP contribution is -2.53. The first-order chi connectivity index (χ1) is 10.5. The summed E-state index contributed by atoms with van der Waals surface area (Å²) < 4.78 is 0. The molecule has 0 aliphatic carbocycles. The van der Waals surface area contributed by atoms with E-state index in [0.29, 0.717) is 12.5 Å². The first-order valence-electron chi connectivity index (χ1n) is 9.04. The highest BCUT2D eigenvalue weighted by molar-refractivity contribution is 5.60. The second-order valence-electron chi connectivity index (χ2n) is 5.92. The first-order valence-corrected chi connectivity index (χ1v) is 9.04. The lowest BCUT2D eigenvalue weighted by molar-refractivity contribution is -0.379. The maximum absolute atomic E-state index is 10.00. The zero-order chi connectivity index (χ0) is 17.2. The smallest absolute Gasteiger partial charge is 0.149 e. The van der Waals surface area contributed by atoms with Crippen molar-refractivity contribution < 1.29 is 15.6 Å². The molecular weight excluding hydrogens is 278 g/mol. The summed E-state index contributed by atoms with van der Waals surface area (Å²) in [5.41, 5.74) is 8.58. The van der Waals surface area contributed by atoms with Gasteiger partial charge in [0.05, 0.1) is 6.54 Å². The molecule has 5 N–H and O–H groups in total. The fourth-order valence-corrected chi connectivity index (χ4v) is 2.26. The third-order valence-electron chi connectivity index (χ3n) is 4.08. The number of hydrogen-bond donors (Lipinski definition) is 3. The summed E-state index contributed by atoms with van der Waals surface area (Å²) >= 11 is 0. The minimum Gasteiger partial charge on any atom is -0.529 e. The molecule has 0 radical (unpaired) electrons. The monoisotopic (exact) mass is 317 g/mol. The average Bonchev–Trinajstić information content (AvgIpc) is 2.52. The van der Waals surface area contributed by atoms with Crippen LogP contribution in [-0.4, -0.2) is 19.2 Å². The SMILES string of the molecule is CCCCC(CC)CNNC(=O)[O-].CCCCC(CC)C[NH3+]. The molecule has 22 heavy (non-hydrogen) atoms. The highest BCUT2D eigenvalue weighted by atomic mass is 16.4. The largest absolute Gasteiger partial charge is 0.529 e. The van der Waals surface area contributed by atoms with Crippen molar-refractivity contribution in [2.24, 2.45) is 11.8 Å². The second kappa shape index (κ2) is 18.2. The maximum atomic E-state index is 10.00. The van der Waals surface area contributed by atoms with Crippen molar-refractivity contribution in [2.45, 2.75) is 79.1 Å². The van der Waals surface area contributed by atoms with Crippen LogP contribution in [0.15, 0.2) is 0 Å². The van der Waals surface area contributed by atoms with Crippen molar-refractivity contribution >= 4 is 6.09 Å². The van der Waals surface area contributed by atoms with Gasteiger partial charge in [0.15, 0.2) is 0 Å². The molecule has 0 saturated carbocycles. The molecule has 134 valence electrons. The first kappa shape index (κ1) is 23.5. The molecule has 0 aromatic rings. The molecule has 0 spiro atoms. The Hall–Kier alpha value is -0.810. The summed E-state index contributed by atoms with van der Waals surface area (Å²) in [7, 11) is 0. The van der Waals surface area contributed by atoms with Crippen LogP contribution in [0.25, 0.3) is 0 Å². The Morgan fingerprint density at radius 3 is 1.86 bits per heavy atom. The van der Waals surface area contributed by atoms with Gasteiger partial charge in [-0.3, -0.25) is 0 Å². The second-order valence-corrected chi connectivity index (χ2v) is 5.92. The van der Waals surface area contributed by atoms with Gasteiger partial charge < -0.3 is 21.1 Å². The van der Waals surface area contributed by atoms with E-state index in [1.807, 2.05) is 5.43 Å². The van der Waals surface area contributed by atoms with Crippen molar-refractivity contribution in [1.29, 1.82) is 0 Å². The van der Waals surface area contributed by atoms with Crippen LogP contribution in [-0.2, 0) is 0 Å². The van der Waals surface area contributed by atoms with E-state index < -0.39 is 6.09 Å².